The summed E-state index contributed by atoms with van der Waals surface area (Å²) in [5, 5.41) is 12.3. The normalized spacial score (nSPS) is 11.1. The summed E-state index contributed by atoms with van der Waals surface area (Å²) < 4.78 is 0. The van der Waals surface area contributed by atoms with E-state index in [1.165, 1.54) is 6.21 Å². The second-order valence-corrected chi connectivity index (χ2v) is 2.89. The number of anilines is 1. The SMILES string of the molecule is Nc1c(/C=N/O)ccc2cccnc12. The van der Waals surface area contributed by atoms with Crippen molar-refractivity contribution in [3.05, 3.63) is 36.0 Å². The van der Waals surface area contributed by atoms with E-state index in [2.05, 4.69) is 10.1 Å². The van der Waals surface area contributed by atoms with Crippen LogP contribution in [0.4, 0.5) is 5.69 Å². The van der Waals surface area contributed by atoms with Gasteiger partial charge >= 0.3 is 0 Å². The lowest BCUT2D eigenvalue weighted by Crippen LogP contribution is -1.95. The molecule has 2 aromatic rings. The number of nitrogen functional groups attached to an aromatic ring is 1. The van der Waals surface area contributed by atoms with Gasteiger partial charge in [0.15, 0.2) is 0 Å². The quantitative estimate of drug-likeness (QED) is 0.308. The molecule has 0 atom stereocenters. The van der Waals surface area contributed by atoms with Crippen molar-refractivity contribution in [2.24, 2.45) is 5.16 Å². The number of benzene rings is 1. The lowest BCUT2D eigenvalue weighted by Gasteiger charge is -2.03. The zero-order valence-electron chi connectivity index (χ0n) is 7.38. The molecule has 1 aromatic carbocycles. The van der Waals surface area contributed by atoms with E-state index in [9.17, 15) is 0 Å². The largest absolute Gasteiger partial charge is 0.411 e. The highest BCUT2D eigenvalue weighted by atomic mass is 16.4. The predicted molar refractivity (Wildman–Crippen MR) is 55.5 cm³/mol. The highest BCUT2D eigenvalue weighted by Gasteiger charge is 2.02. The maximum Gasteiger partial charge on any atom is 0.0937 e. The van der Waals surface area contributed by atoms with Gasteiger partial charge in [-0.1, -0.05) is 23.4 Å². The van der Waals surface area contributed by atoms with E-state index in [4.69, 9.17) is 10.9 Å². The second-order valence-electron chi connectivity index (χ2n) is 2.89. The van der Waals surface area contributed by atoms with Crippen molar-refractivity contribution in [3.8, 4) is 0 Å². The van der Waals surface area contributed by atoms with Gasteiger partial charge in [0.25, 0.3) is 0 Å². The van der Waals surface area contributed by atoms with Crippen LogP contribution in [0, 0.1) is 0 Å². The Kier molecular flexibility index (Phi) is 2.02. The van der Waals surface area contributed by atoms with Crippen molar-refractivity contribution < 1.29 is 5.21 Å². The van der Waals surface area contributed by atoms with Gasteiger partial charge in [0.05, 0.1) is 17.4 Å². The molecule has 0 spiro atoms. The highest BCUT2D eigenvalue weighted by molar-refractivity contribution is 5.99. The van der Waals surface area contributed by atoms with Crippen LogP contribution in [-0.4, -0.2) is 16.4 Å². The van der Waals surface area contributed by atoms with Gasteiger partial charge in [0, 0.05) is 17.1 Å². The fourth-order valence-electron chi connectivity index (χ4n) is 1.36. The van der Waals surface area contributed by atoms with Crippen LogP contribution in [0.2, 0.25) is 0 Å². The smallest absolute Gasteiger partial charge is 0.0937 e. The minimum Gasteiger partial charge on any atom is -0.411 e. The van der Waals surface area contributed by atoms with E-state index in [1.807, 2.05) is 18.2 Å². The number of pyridine rings is 1. The Balaban J connectivity index is 2.75. The Hall–Kier alpha value is -2.10. The summed E-state index contributed by atoms with van der Waals surface area (Å²) in [6, 6.07) is 7.45. The van der Waals surface area contributed by atoms with Crippen LogP contribution >= 0.6 is 0 Å². The molecular weight excluding hydrogens is 178 g/mol. The van der Waals surface area contributed by atoms with Crippen molar-refractivity contribution >= 4 is 22.8 Å². The van der Waals surface area contributed by atoms with Gasteiger partial charge in [0.2, 0.25) is 0 Å². The van der Waals surface area contributed by atoms with Crippen LogP contribution in [0.25, 0.3) is 10.9 Å². The van der Waals surface area contributed by atoms with Crippen molar-refractivity contribution in [1.29, 1.82) is 0 Å². The maximum absolute atomic E-state index is 8.41. The minimum atomic E-state index is 0.529. The highest BCUT2D eigenvalue weighted by Crippen LogP contribution is 2.21. The number of hydrogen-bond donors (Lipinski definition) is 2. The summed E-state index contributed by atoms with van der Waals surface area (Å²) in [5.74, 6) is 0. The fraction of sp³-hybridized carbons (Fsp3) is 0. The van der Waals surface area contributed by atoms with E-state index < -0.39 is 0 Å². The standard InChI is InChI=1S/C10H9N3O/c11-9-8(6-13-14)4-3-7-2-1-5-12-10(7)9/h1-6,14H,11H2/b13-6+. The molecule has 0 amide bonds. The molecule has 0 saturated carbocycles. The van der Waals surface area contributed by atoms with Gasteiger partial charge in [-0.2, -0.15) is 0 Å². The minimum absolute atomic E-state index is 0.529. The molecule has 0 radical (unpaired) electrons. The van der Waals surface area contributed by atoms with Crippen molar-refractivity contribution in [3.63, 3.8) is 0 Å². The summed E-state index contributed by atoms with van der Waals surface area (Å²) in [7, 11) is 0. The number of hydrogen-bond acceptors (Lipinski definition) is 4. The molecule has 0 unspecified atom stereocenters. The molecule has 14 heavy (non-hydrogen) atoms. The van der Waals surface area contributed by atoms with Gasteiger partial charge < -0.3 is 10.9 Å². The summed E-state index contributed by atoms with van der Waals surface area (Å²) in [6.07, 6.45) is 2.97. The van der Waals surface area contributed by atoms with E-state index in [0.717, 1.165) is 10.9 Å². The number of rotatable bonds is 1. The molecule has 1 aromatic heterocycles. The molecule has 0 aliphatic carbocycles. The van der Waals surface area contributed by atoms with Gasteiger partial charge in [-0.3, -0.25) is 4.98 Å². The monoisotopic (exact) mass is 187 g/mol. The zero-order chi connectivity index (χ0) is 9.97. The number of nitrogens with two attached hydrogens (primary N) is 1. The lowest BCUT2D eigenvalue weighted by atomic mass is 10.1. The maximum atomic E-state index is 8.41. The average molecular weight is 187 g/mol. The third-order valence-electron chi connectivity index (χ3n) is 2.04. The van der Waals surface area contributed by atoms with Gasteiger partial charge in [-0.15, -0.1) is 0 Å². The molecule has 0 fully saturated rings. The molecule has 70 valence electrons. The van der Waals surface area contributed by atoms with E-state index in [-0.39, 0.29) is 0 Å². The first-order valence-electron chi connectivity index (χ1n) is 4.13. The summed E-state index contributed by atoms with van der Waals surface area (Å²) in [6.45, 7) is 0. The van der Waals surface area contributed by atoms with Crippen molar-refractivity contribution in [2.75, 3.05) is 5.73 Å². The fourth-order valence-corrected chi connectivity index (χ4v) is 1.36. The van der Waals surface area contributed by atoms with E-state index in [1.54, 1.807) is 12.3 Å². The van der Waals surface area contributed by atoms with Crippen LogP contribution in [0.5, 0.6) is 0 Å². The first-order valence-corrected chi connectivity index (χ1v) is 4.13. The molecule has 0 aliphatic heterocycles. The van der Waals surface area contributed by atoms with Gasteiger partial charge in [-0.05, 0) is 6.07 Å². The van der Waals surface area contributed by atoms with Gasteiger partial charge in [0.1, 0.15) is 0 Å². The van der Waals surface area contributed by atoms with Crippen molar-refractivity contribution in [2.45, 2.75) is 0 Å². The third kappa shape index (κ3) is 1.26. The molecular formula is C10H9N3O. The second kappa shape index (κ2) is 3.33. The zero-order valence-corrected chi connectivity index (χ0v) is 7.38. The third-order valence-corrected chi connectivity index (χ3v) is 2.04. The van der Waals surface area contributed by atoms with Crippen LogP contribution in [-0.2, 0) is 0 Å². The predicted octanol–water partition coefficient (Wildman–Crippen LogP) is 1.63. The number of oxime groups is 1. The molecule has 1 heterocycles. The summed E-state index contributed by atoms with van der Waals surface area (Å²) in [5.41, 5.74) is 7.76. The molecule has 4 nitrogen and oxygen atoms in total. The molecule has 0 aliphatic rings. The number of aromatic nitrogens is 1. The topological polar surface area (TPSA) is 71.5 Å². The molecule has 3 N–H and O–H groups in total. The first-order chi connectivity index (χ1) is 6.83. The molecule has 2 rings (SSSR count). The Labute approximate surface area is 80.7 Å². The first kappa shape index (κ1) is 8.50. The van der Waals surface area contributed by atoms with E-state index in [0.29, 0.717) is 11.3 Å². The average Bonchev–Trinajstić information content (AvgIpc) is 2.23. The summed E-state index contributed by atoms with van der Waals surface area (Å²) >= 11 is 0. The van der Waals surface area contributed by atoms with Gasteiger partial charge in [-0.25, -0.2) is 0 Å². The Morgan fingerprint density at radius 1 is 1.36 bits per heavy atom. The summed E-state index contributed by atoms with van der Waals surface area (Å²) in [4.78, 5) is 4.16. The lowest BCUT2D eigenvalue weighted by molar-refractivity contribution is 0.322. The Morgan fingerprint density at radius 3 is 3.00 bits per heavy atom. The Bertz CT molecular complexity index is 494. The molecule has 0 saturated heterocycles. The van der Waals surface area contributed by atoms with Crippen LogP contribution < -0.4 is 5.73 Å². The van der Waals surface area contributed by atoms with Crippen molar-refractivity contribution in [1.82, 2.24) is 4.98 Å². The number of fused-ring (bicyclic) bond motifs is 1. The number of nitrogens with zero attached hydrogens (tertiary/aromatic N) is 2. The molecule has 0 bridgehead atoms. The van der Waals surface area contributed by atoms with Crippen LogP contribution in [0.1, 0.15) is 5.56 Å². The van der Waals surface area contributed by atoms with Crippen LogP contribution in [0.15, 0.2) is 35.6 Å². The Morgan fingerprint density at radius 2 is 2.21 bits per heavy atom. The van der Waals surface area contributed by atoms with E-state index >= 15 is 0 Å². The van der Waals surface area contributed by atoms with Crippen LogP contribution in [0.3, 0.4) is 0 Å². The molecule has 4 heteroatoms.